The molecule has 0 atom stereocenters. The molecule has 3 nitrogen and oxygen atoms in total. The Kier molecular flexibility index (Phi) is 1.25. The van der Waals surface area contributed by atoms with E-state index in [0.29, 0.717) is 5.89 Å². The molecule has 0 N–H and O–H groups in total. The van der Waals surface area contributed by atoms with Gasteiger partial charge < -0.3 is 4.52 Å². The minimum absolute atomic E-state index is 0.584. The quantitative estimate of drug-likeness (QED) is 0.625. The highest BCUT2D eigenvalue weighted by molar-refractivity contribution is 7.08. The average molecular weight is 152 g/mol. The van der Waals surface area contributed by atoms with Gasteiger partial charge in [0, 0.05) is 5.38 Å². The largest absolute Gasteiger partial charge is 0.334 e. The van der Waals surface area contributed by atoms with Crippen molar-refractivity contribution in [2.45, 2.75) is 0 Å². The van der Waals surface area contributed by atoms with E-state index in [9.17, 15) is 0 Å². The van der Waals surface area contributed by atoms with Gasteiger partial charge in [0.15, 0.2) is 6.33 Å². The van der Waals surface area contributed by atoms with Crippen molar-refractivity contribution in [2.75, 3.05) is 0 Å². The molecule has 0 aliphatic heterocycles. The Labute approximate surface area is 61.3 Å². The molecular formula is C6H4N2OS. The van der Waals surface area contributed by atoms with Crippen LogP contribution in [0.5, 0.6) is 0 Å². The molecule has 2 heterocycles. The van der Waals surface area contributed by atoms with Crippen LogP contribution in [0.15, 0.2) is 27.7 Å². The minimum Gasteiger partial charge on any atom is -0.334 e. The second-order valence-electron chi connectivity index (χ2n) is 1.76. The summed E-state index contributed by atoms with van der Waals surface area (Å²) in [6.45, 7) is 0. The first-order valence-corrected chi connectivity index (χ1v) is 3.70. The average Bonchev–Trinajstić information content (AvgIpc) is 2.59. The molecule has 0 radical (unpaired) electrons. The van der Waals surface area contributed by atoms with E-state index in [1.54, 1.807) is 11.3 Å². The number of hydrogen-bond acceptors (Lipinski definition) is 4. The highest BCUT2D eigenvalue weighted by Gasteiger charge is 2.01. The summed E-state index contributed by atoms with van der Waals surface area (Å²) in [5.41, 5.74) is 0.988. The first kappa shape index (κ1) is 5.61. The lowest BCUT2D eigenvalue weighted by Crippen LogP contribution is -1.67. The molecule has 2 rings (SSSR count). The van der Waals surface area contributed by atoms with E-state index in [-0.39, 0.29) is 0 Å². The van der Waals surface area contributed by atoms with Gasteiger partial charge in [0.05, 0.1) is 5.56 Å². The smallest absolute Gasteiger partial charge is 0.258 e. The zero-order chi connectivity index (χ0) is 6.81. The summed E-state index contributed by atoms with van der Waals surface area (Å²) in [6.07, 6.45) is 1.40. The van der Waals surface area contributed by atoms with Crippen LogP contribution in [0.1, 0.15) is 0 Å². The fourth-order valence-electron chi connectivity index (χ4n) is 0.686. The molecule has 0 unspecified atom stereocenters. The van der Waals surface area contributed by atoms with Crippen molar-refractivity contribution in [1.29, 1.82) is 0 Å². The molecule has 0 spiro atoms. The third-order valence-electron chi connectivity index (χ3n) is 1.13. The van der Waals surface area contributed by atoms with Gasteiger partial charge in [-0.3, -0.25) is 0 Å². The van der Waals surface area contributed by atoms with Gasteiger partial charge >= 0.3 is 0 Å². The topological polar surface area (TPSA) is 38.9 Å². The second-order valence-corrected chi connectivity index (χ2v) is 2.54. The Hall–Kier alpha value is -1.16. The Morgan fingerprint density at radius 1 is 1.50 bits per heavy atom. The first-order chi connectivity index (χ1) is 4.97. The summed E-state index contributed by atoms with van der Waals surface area (Å²) in [7, 11) is 0. The SMILES string of the molecule is c1noc(-c2ccsc2)n1. The van der Waals surface area contributed by atoms with Crippen LogP contribution < -0.4 is 0 Å². The molecular weight excluding hydrogens is 148 g/mol. The maximum atomic E-state index is 4.82. The van der Waals surface area contributed by atoms with Crippen LogP contribution in [0, 0.1) is 0 Å². The van der Waals surface area contributed by atoms with Gasteiger partial charge in [-0.25, -0.2) is 0 Å². The lowest BCUT2D eigenvalue weighted by atomic mass is 10.3. The molecule has 10 heavy (non-hydrogen) atoms. The molecule has 4 heteroatoms. The van der Waals surface area contributed by atoms with Gasteiger partial charge in [-0.15, -0.1) is 0 Å². The number of thiophene rings is 1. The Bertz CT molecular complexity index is 255. The van der Waals surface area contributed by atoms with Crippen molar-refractivity contribution < 1.29 is 4.52 Å². The van der Waals surface area contributed by atoms with Crippen molar-refractivity contribution in [3.05, 3.63) is 23.2 Å². The Balaban J connectivity index is 2.48. The number of nitrogens with zero attached hydrogens (tertiary/aromatic N) is 2. The minimum atomic E-state index is 0.584. The van der Waals surface area contributed by atoms with Crippen molar-refractivity contribution in [3.8, 4) is 11.5 Å². The molecule has 2 aromatic heterocycles. The van der Waals surface area contributed by atoms with E-state index in [1.165, 1.54) is 6.33 Å². The Morgan fingerprint density at radius 2 is 2.50 bits per heavy atom. The Morgan fingerprint density at radius 3 is 3.10 bits per heavy atom. The van der Waals surface area contributed by atoms with Crippen LogP contribution in [-0.4, -0.2) is 10.1 Å². The maximum absolute atomic E-state index is 4.82. The second kappa shape index (κ2) is 2.22. The fourth-order valence-corrected chi connectivity index (χ4v) is 1.32. The zero-order valence-electron chi connectivity index (χ0n) is 5.02. The lowest BCUT2D eigenvalue weighted by molar-refractivity contribution is 0.430. The third-order valence-corrected chi connectivity index (χ3v) is 1.81. The summed E-state index contributed by atoms with van der Waals surface area (Å²) in [5, 5.41) is 7.43. The summed E-state index contributed by atoms with van der Waals surface area (Å²) in [6, 6.07) is 1.94. The number of hydrogen-bond donors (Lipinski definition) is 0. The van der Waals surface area contributed by atoms with Crippen molar-refractivity contribution in [2.24, 2.45) is 0 Å². The van der Waals surface area contributed by atoms with Crippen molar-refractivity contribution in [1.82, 2.24) is 10.1 Å². The molecule has 0 saturated carbocycles. The zero-order valence-corrected chi connectivity index (χ0v) is 5.84. The monoisotopic (exact) mass is 152 g/mol. The van der Waals surface area contributed by atoms with Gasteiger partial charge in [-0.1, -0.05) is 5.16 Å². The van der Waals surface area contributed by atoms with E-state index >= 15 is 0 Å². The van der Waals surface area contributed by atoms with Gasteiger partial charge in [-0.05, 0) is 11.4 Å². The van der Waals surface area contributed by atoms with E-state index in [0.717, 1.165) is 5.56 Å². The number of aromatic nitrogens is 2. The molecule has 0 aliphatic carbocycles. The maximum Gasteiger partial charge on any atom is 0.258 e. The predicted octanol–water partition coefficient (Wildman–Crippen LogP) is 1.80. The summed E-state index contributed by atoms with van der Waals surface area (Å²) >= 11 is 1.61. The van der Waals surface area contributed by atoms with Crippen LogP contribution >= 0.6 is 11.3 Å². The highest BCUT2D eigenvalue weighted by Crippen LogP contribution is 2.18. The molecule has 0 bridgehead atoms. The summed E-state index contributed by atoms with van der Waals surface area (Å²) in [5.74, 6) is 0.584. The summed E-state index contributed by atoms with van der Waals surface area (Å²) in [4.78, 5) is 3.89. The molecule has 0 saturated heterocycles. The van der Waals surface area contributed by atoms with Gasteiger partial charge in [0.1, 0.15) is 0 Å². The normalized spacial score (nSPS) is 10.0. The number of rotatable bonds is 1. The van der Waals surface area contributed by atoms with Crippen LogP contribution in [0.3, 0.4) is 0 Å². The molecule has 0 amide bonds. The van der Waals surface area contributed by atoms with Crippen LogP contribution in [-0.2, 0) is 0 Å². The fraction of sp³-hybridized carbons (Fsp3) is 0. The summed E-state index contributed by atoms with van der Waals surface area (Å²) < 4.78 is 4.82. The molecule has 0 aromatic carbocycles. The molecule has 2 aromatic rings. The van der Waals surface area contributed by atoms with Crippen molar-refractivity contribution in [3.63, 3.8) is 0 Å². The van der Waals surface area contributed by atoms with Crippen LogP contribution in [0.25, 0.3) is 11.5 Å². The van der Waals surface area contributed by atoms with Crippen LogP contribution in [0.2, 0.25) is 0 Å². The van der Waals surface area contributed by atoms with E-state index < -0.39 is 0 Å². The van der Waals surface area contributed by atoms with Gasteiger partial charge in [0.2, 0.25) is 0 Å². The van der Waals surface area contributed by atoms with Gasteiger partial charge in [0.25, 0.3) is 5.89 Å². The van der Waals surface area contributed by atoms with E-state index in [2.05, 4.69) is 10.1 Å². The standard InChI is InChI=1S/C6H4N2OS/c1-2-10-3-5(1)6-7-4-8-9-6/h1-4H. The first-order valence-electron chi connectivity index (χ1n) is 2.76. The predicted molar refractivity (Wildman–Crippen MR) is 37.6 cm³/mol. The van der Waals surface area contributed by atoms with Gasteiger partial charge in [-0.2, -0.15) is 16.3 Å². The van der Waals surface area contributed by atoms with Crippen LogP contribution in [0.4, 0.5) is 0 Å². The molecule has 0 aliphatic rings. The third kappa shape index (κ3) is 0.823. The lowest BCUT2D eigenvalue weighted by Gasteiger charge is -1.80. The van der Waals surface area contributed by atoms with E-state index in [1.807, 2.05) is 16.8 Å². The van der Waals surface area contributed by atoms with E-state index in [4.69, 9.17) is 4.52 Å². The molecule has 0 fully saturated rings. The van der Waals surface area contributed by atoms with Crippen molar-refractivity contribution >= 4 is 11.3 Å². The molecule has 50 valence electrons. The highest BCUT2D eigenvalue weighted by atomic mass is 32.1.